The molecule has 0 saturated heterocycles. The fraction of sp³-hybridized carbons (Fsp3) is 0.250. The van der Waals surface area contributed by atoms with Gasteiger partial charge in [-0.25, -0.2) is 0 Å². The second-order valence-electron chi connectivity index (χ2n) is 4.48. The first kappa shape index (κ1) is 10.4. The van der Waals surface area contributed by atoms with Crippen LogP contribution in [0.2, 0.25) is 0 Å². The van der Waals surface area contributed by atoms with E-state index in [1.165, 1.54) is 36.8 Å². The molecule has 0 heterocycles. The molecular weight excluding hydrogens is 208 g/mol. The molecular formula is C16H15O. The molecule has 0 bridgehead atoms. The van der Waals surface area contributed by atoms with Gasteiger partial charge in [-0.05, 0) is 67.1 Å². The van der Waals surface area contributed by atoms with Crippen molar-refractivity contribution in [1.29, 1.82) is 0 Å². The van der Waals surface area contributed by atoms with Crippen LogP contribution in [0, 0.1) is 6.07 Å². The Kier molecular flexibility index (Phi) is 2.83. The summed E-state index contributed by atoms with van der Waals surface area (Å²) < 4.78 is 5.81. The zero-order valence-corrected chi connectivity index (χ0v) is 9.78. The minimum atomic E-state index is 0.850. The molecule has 0 unspecified atom stereocenters. The van der Waals surface area contributed by atoms with Crippen LogP contribution in [0.5, 0.6) is 11.5 Å². The Morgan fingerprint density at radius 2 is 1.82 bits per heavy atom. The smallest absolute Gasteiger partial charge is 0.128 e. The van der Waals surface area contributed by atoms with Gasteiger partial charge in [-0.3, -0.25) is 0 Å². The Morgan fingerprint density at radius 3 is 2.65 bits per heavy atom. The van der Waals surface area contributed by atoms with Crippen molar-refractivity contribution in [2.75, 3.05) is 0 Å². The summed E-state index contributed by atoms with van der Waals surface area (Å²) in [7, 11) is 0. The number of fused-ring (bicyclic) bond motifs is 1. The molecule has 0 aromatic heterocycles. The van der Waals surface area contributed by atoms with Crippen LogP contribution in [0.4, 0.5) is 0 Å². The molecule has 0 aliphatic heterocycles. The monoisotopic (exact) mass is 223 g/mol. The maximum atomic E-state index is 5.81. The fourth-order valence-electron chi connectivity index (χ4n) is 2.35. The molecule has 17 heavy (non-hydrogen) atoms. The molecule has 0 N–H and O–H groups in total. The van der Waals surface area contributed by atoms with E-state index in [1.54, 1.807) is 0 Å². The van der Waals surface area contributed by atoms with Crippen LogP contribution >= 0.6 is 0 Å². The number of ether oxygens (including phenoxy) is 1. The van der Waals surface area contributed by atoms with Gasteiger partial charge < -0.3 is 4.74 Å². The normalized spacial score (nSPS) is 14.1. The number of hydrogen-bond acceptors (Lipinski definition) is 1. The van der Waals surface area contributed by atoms with Gasteiger partial charge in [0.2, 0.25) is 0 Å². The van der Waals surface area contributed by atoms with Crippen molar-refractivity contribution in [3.63, 3.8) is 0 Å². The molecule has 0 saturated carbocycles. The predicted molar refractivity (Wildman–Crippen MR) is 68.4 cm³/mol. The molecule has 1 heteroatoms. The first-order valence-corrected chi connectivity index (χ1v) is 6.17. The van der Waals surface area contributed by atoms with E-state index in [0.717, 1.165) is 11.5 Å². The van der Waals surface area contributed by atoms with Crippen molar-refractivity contribution in [3.8, 4) is 11.5 Å². The van der Waals surface area contributed by atoms with Crippen LogP contribution < -0.4 is 4.74 Å². The van der Waals surface area contributed by atoms with E-state index in [1.807, 2.05) is 24.3 Å². The van der Waals surface area contributed by atoms with Gasteiger partial charge in [-0.1, -0.05) is 18.2 Å². The first-order chi connectivity index (χ1) is 8.42. The molecule has 1 radical (unpaired) electrons. The Labute approximate surface area is 102 Å². The fourth-order valence-corrected chi connectivity index (χ4v) is 2.35. The van der Waals surface area contributed by atoms with Gasteiger partial charge in [0.25, 0.3) is 0 Å². The average molecular weight is 223 g/mol. The lowest BCUT2D eigenvalue weighted by Crippen LogP contribution is -2.02. The van der Waals surface area contributed by atoms with E-state index in [2.05, 4.69) is 24.3 Å². The summed E-state index contributed by atoms with van der Waals surface area (Å²) in [6.07, 6.45) is 5.03. The topological polar surface area (TPSA) is 9.23 Å². The minimum absolute atomic E-state index is 0.850. The highest BCUT2D eigenvalue weighted by Crippen LogP contribution is 2.28. The van der Waals surface area contributed by atoms with E-state index in [4.69, 9.17) is 4.74 Å². The Hall–Kier alpha value is -1.76. The van der Waals surface area contributed by atoms with Crippen LogP contribution in [0.15, 0.2) is 42.5 Å². The molecule has 3 rings (SSSR count). The third-order valence-corrected chi connectivity index (χ3v) is 3.23. The van der Waals surface area contributed by atoms with E-state index in [9.17, 15) is 0 Å². The highest BCUT2D eigenvalue weighted by atomic mass is 16.5. The van der Waals surface area contributed by atoms with Crippen molar-refractivity contribution < 1.29 is 4.74 Å². The highest BCUT2D eigenvalue weighted by molar-refractivity contribution is 5.39. The lowest BCUT2D eigenvalue weighted by molar-refractivity contribution is 0.480. The molecule has 2 aromatic carbocycles. The largest absolute Gasteiger partial charge is 0.457 e. The quantitative estimate of drug-likeness (QED) is 0.742. The molecule has 0 fully saturated rings. The molecule has 85 valence electrons. The zero-order valence-electron chi connectivity index (χ0n) is 9.78. The summed E-state index contributed by atoms with van der Waals surface area (Å²) in [6, 6.07) is 17.1. The lowest BCUT2D eigenvalue weighted by Gasteiger charge is -2.16. The van der Waals surface area contributed by atoms with Gasteiger partial charge in [-0.15, -0.1) is 0 Å². The van der Waals surface area contributed by atoms with Gasteiger partial charge in [-0.2, -0.15) is 0 Å². The summed E-state index contributed by atoms with van der Waals surface area (Å²) in [5.74, 6) is 1.79. The predicted octanol–water partition coefficient (Wildman–Crippen LogP) is 4.16. The Balaban J connectivity index is 1.84. The molecule has 1 nitrogen and oxygen atoms in total. The van der Waals surface area contributed by atoms with Crippen molar-refractivity contribution >= 4 is 0 Å². The number of rotatable bonds is 2. The van der Waals surface area contributed by atoms with Crippen LogP contribution in [0.3, 0.4) is 0 Å². The third-order valence-electron chi connectivity index (χ3n) is 3.23. The first-order valence-electron chi connectivity index (χ1n) is 6.17. The van der Waals surface area contributed by atoms with Crippen molar-refractivity contribution in [2.24, 2.45) is 0 Å². The van der Waals surface area contributed by atoms with Gasteiger partial charge in [0.1, 0.15) is 11.5 Å². The Morgan fingerprint density at radius 1 is 0.941 bits per heavy atom. The van der Waals surface area contributed by atoms with E-state index in [-0.39, 0.29) is 0 Å². The van der Waals surface area contributed by atoms with Gasteiger partial charge in [0.15, 0.2) is 0 Å². The minimum Gasteiger partial charge on any atom is -0.457 e. The van der Waals surface area contributed by atoms with E-state index >= 15 is 0 Å². The Bertz CT molecular complexity index is 502. The van der Waals surface area contributed by atoms with Gasteiger partial charge >= 0.3 is 0 Å². The van der Waals surface area contributed by atoms with Gasteiger partial charge in [0.05, 0.1) is 0 Å². The SMILES string of the molecule is [c]1cccc(Oc2ccc3c(c2)CCCC3)c1. The third kappa shape index (κ3) is 2.33. The standard InChI is InChI=1S/C16H15O/c1-2-8-15(9-3-1)17-16-11-10-13-6-4-5-7-14(13)12-16/h1-2,8-12H,4-7H2. The summed E-state index contributed by atoms with van der Waals surface area (Å²) in [5.41, 5.74) is 2.94. The molecule has 2 aromatic rings. The second kappa shape index (κ2) is 4.62. The number of aryl methyl sites for hydroxylation is 2. The molecule has 0 spiro atoms. The summed E-state index contributed by atoms with van der Waals surface area (Å²) >= 11 is 0. The molecule has 0 amide bonds. The van der Waals surface area contributed by atoms with Crippen molar-refractivity contribution in [2.45, 2.75) is 25.7 Å². The number of benzene rings is 2. The summed E-state index contributed by atoms with van der Waals surface area (Å²) in [4.78, 5) is 0. The van der Waals surface area contributed by atoms with Crippen LogP contribution in [-0.2, 0) is 12.8 Å². The molecule has 1 aliphatic rings. The maximum Gasteiger partial charge on any atom is 0.128 e. The number of hydrogen-bond donors (Lipinski definition) is 0. The summed E-state index contributed by atoms with van der Waals surface area (Å²) in [5, 5.41) is 0. The molecule has 0 atom stereocenters. The summed E-state index contributed by atoms with van der Waals surface area (Å²) in [6.45, 7) is 0. The maximum absolute atomic E-state index is 5.81. The molecule has 1 aliphatic carbocycles. The van der Waals surface area contributed by atoms with Crippen molar-refractivity contribution in [1.82, 2.24) is 0 Å². The lowest BCUT2D eigenvalue weighted by atomic mass is 9.92. The second-order valence-corrected chi connectivity index (χ2v) is 4.48. The highest BCUT2D eigenvalue weighted by Gasteiger charge is 2.09. The van der Waals surface area contributed by atoms with Gasteiger partial charge in [0, 0.05) is 0 Å². The average Bonchev–Trinajstić information content (AvgIpc) is 2.40. The zero-order chi connectivity index (χ0) is 11.5. The van der Waals surface area contributed by atoms with E-state index < -0.39 is 0 Å². The van der Waals surface area contributed by atoms with Crippen molar-refractivity contribution in [3.05, 3.63) is 59.7 Å². The van der Waals surface area contributed by atoms with Crippen LogP contribution in [-0.4, -0.2) is 0 Å². The van der Waals surface area contributed by atoms with Crippen LogP contribution in [0.1, 0.15) is 24.0 Å². The van der Waals surface area contributed by atoms with E-state index in [0.29, 0.717) is 0 Å². The van der Waals surface area contributed by atoms with Crippen LogP contribution in [0.25, 0.3) is 0 Å².